The normalized spacial score (nSPS) is 21.8. The number of alkyl carbamates (subject to hydrolysis) is 1. The number of nitrogens with two attached hydrogens (primary N) is 1. The van der Waals surface area contributed by atoms with Crippen LogP contribution in [0.2, 0.25) is 0 Å². The first kappa shape index (κ1) is 74.9. The first-order chi connectivity index (χ1) is 40.5. The molecule has 3 fully saturated rings. The van der Waals surface area contributed by atoms with E-state index < -0.39 is 96.0 Å². The number of rotatable bonds is 29. The third-order valence-electron chi connectivity index (χ3n) is 17.1. The number of hydrogen-bond acceptors (Lipinski definition) is 15. The molecule has 0 spiro atoms. The second-order valence-electron chi connectivity index (χ2n) is 25.2. The summed E-state index contributed by atoms with van der Waals surface area (Å²) >= 11 is 0. The fourth-order valence-electron chi connectivity index (χ4n) is 12.5. The van der Waals surface area contributed by atoms with Gasteiger partial charge in [0, 0.05) is 64.5 Å². The average Bonchev–Trinajstić information content (AvgIpc) is 1.61. The molecule has 1 aromatic carbocycles. The lowest BCUT2D eigenvalue weighted by molar-refractivity contribution is -0.952. The number of anilines is 1. The number of likely N-dealkylation sites (tertiary alicyclic amines) is 2. The minimum Gasteiger partial charge on any atom is -0.542 e. The van der Waals surface area contributed by atoms with Gasteiger partial charge in [-0.3, -0.25) is 28.8 Å². The molecule has 2 heterocycles. The molecule has 0 aromatic heterocycles. The number of carboxylic acid groups (broad SMARTS) is 1. The highest BCUT2D eigenvalue weighted by atomic mass is 19.4. The van der Waals surface area contributed by atoms with Crippen molar-refractivity contribution in [2.75, 3.05) is 60.9 Å². The summed E-state index contributed by atoms with van der Waals surface area (Å²) in [4.78, 5) is 121. The van der Waals surface area contributed by atoms with Gasteiger partial charge in [0.25, 0.3) is 5.91 Å². The third-order valence-corrected chi connectivity index (χ3v) is 17.1. The SMILES string of the molecule is CC[C@H](C)[C@@H]([C@@H](CC(=O)N1CCC[C@H]1[C@H](OC)[C@@H](C)C(=O)OC)OC)N(C)C(=O)[C@@H](NC(=O)[C@@H]1[C@H]2CC[C@H](C2)[N+]1(C)Cc1ccc(NC(=O)[C@H](CCCNC(N)=O)NC(=O)[C@@H](NC(=O)OC(C)(C)C)C(C)C)cc1CNC)C(C)C.O=C([O-])C(F)(F)F. The number of methoxy groups -OCH3 is 3. The maximum Gasteiger partial charge on any atom is 0.430 e. The number of urea groups is 1. The summed E-state index contributed by atoms with van der Waals surface area (Å²) in [6, 6.07) is 0.860. The maximum atomic E-state index is 15.0. The topological polar surface area (TPSA) is 318 Å². The Morgan fingerprint density at radius 1 is 0.874 bits per heavy atom. The van der Waals surface area contributed by atoms with Crippen LogP contribution in [0.15, 0.2) is 18.2 Å². The maximum absolute atomic E-state index is 15.0. The summed E-state index contributed by atoms with van der Waals surface area (Å²) in [5.41, 5.74) is 6.84. The van der Waals surface area contributed by atoms with Gasteiger partial charge in [0.1, 0.15) is 36.2 Å². The van der Waals surface area contributed by atoms with Gasteiger partial charge in [0.15, 0.2) is 6.04 Å². The highest BCUT2D eigenvalue weighted by Gasteiger charge is 2.60. The number of nitrogens with one attached hydrogen (secondary N) is 6. The Balaban J connectivity index is 0.00000265. The van der Waals surface area contributed by atoms with Crippen molar-refractivity contribution < 1.29 is 84.9 Å². The number of quaternary nitrogens is 1. The summed E-state index contributed by atoms with van der Waals surface area (Å²) in [6.45, 7) is 19.9. The molecule has 1 aromatic rings. The fourth-order valence-corrected chi connectivity index (χ4v) is 12.5. The molecule has 494 valence electrons. The first-order valence-corrected chi connectivity index (χ1v) is 30.0. The molecule has 27 heteroatoms. The zero-order valence-electron chi connectivity index (χ0n) is 53.8. The van der Waals surface area contributed by atoms with E-state index in [1.165, 1.54) is 14.2 Å². The number of carboxylic acids is 1. The van der Waals surface area contributed by atoms with Crippen molar-refractivity contribution in [1.29, 1.82) is 0 Å². The van der Waals surface area contributed by atoms with Gasteiger partial charge >= 0.3 is 24.3 Å². The Morgan fingerprint density at radius 3 is 2.03 bits per heavy atom. The fraction of sp³-hybridized carbons (Fsp3) is 0.750. The number of benzene rings is 1. The number of carbonyl (C=O) groups is 9. The molecule has 1 saturated carbocycles. The third kappa shape index (κ3) is 20.9. The second-order valence-corrected chi connectivity index (χ2v) is 25.2. The Hall–Kier alpha value is -6.32. The van der Waals surface area contributed by atoms with Gasteiger partial charge in [-0.15, -0.1) is 0 Å². The van der Waals surface area contributed by atoms with Gasteiger partial charge in [-0.05, 0) is 109 Å². The number of primary amides is 1. The van der Waals surface area contributed by atoms with Crippen LogP contribution < -0.4 is 42.7 Å². The molecule has 4 rings (SSSR count). The second kappa shape index (κ2) is 33.3. The van der Waals surface area contributed by atoms with Crippen LogP contribution in [0.1, 0.15) is 138 Å². The highest BCUT2D eigenvalue weighted by molar-refractivity contribution is 5.98. The van der Waals surface area contributed by atoms with E-state index in [0.29, 0.717) is 49.1 Å². The number of ether oxygens (including phenoxy) is 4. The van der Waals surface area contributed by atoms with Gasteiger partial charge < -0.3 is 80.8 Å². The lowest BCUT2D eigenvalue weighted by Gasteiger charge is -2.45. The van der Waals surface area contributed by atoms with Crippen molar-refractivity contribution in [3.05, 3.63) is 29.3 Å². The minimum absolute atomic E-state index is 0.00294. The molecule has 2 bridgehead atoms. The van der Waals surface area contributed by atoms with Crippen molar-refractivity contribution in [3.8, 4) is 0 Å². The minimum atomic E-state index is -5.19. The van der Waals surface area contributed by atoms with Crippen LogP contribution in [0.25, 0.3) is 0 Å². The van der Waals surface area contributed by atoms with Crippen LogP contribution in [0.4, 0.5) is 28.4 Å². The van der Waals surface area contributed by atoms with E-state index in [1.807, 2.05) is 46.9 Å². The van der Waals surface area contributed by atoms with Gasteiger partial charge in [-0.2, -0.15) is 13.2 Å². The molecule has 1 aliphatic carbocycles. The number of carbonyl (C=O) groups excluding carboxylic acids is 9. The molecule has 2 saturated heterocycles. The van der Waals surface area contributed by atoms with Crippen molar-refractivity contribution in [1.82, 2.24) is 36.4 Å². The van der Waals surface area contributed by atoms with Crippen LogP contribution in [0.5, 0.6) is 0 Å². The standard InChI is InChI=1S/C58H98N10O12.C2HF3O2/c1-17-35(6)48(44(77-14)30-45(69)67-27-19-21-43(67)50(78-15)36(7)55(74)79-16)66(12)54(73)47(34(4)5)64-53(72)49-37-23-25-41(29-37)68(49,13)32-38-22-24-40(28-39(38)31-60-11)62-51(70)42(20-18-26-61-56(59)75)63-52(71)46(33(2)3)65-57(76)80-58(8,9)10;3-2(4,5)1(6)7/h22,24,28,33-37,41-44,46-50,60H,17-21,23,25-27,29-32H2,1-16H3,(H6-,59,61,62,63,64,65,70,71,72,75,76);(H,6,7)/t35-,36+,37-,41+,42-,43-,44+,46-,47-,48-,49-,50+,68?;/m0./s1. The molecular weight excluding hydrogens is 1140 g/mol. The summed E-state index contributed by atoms with van der Waals surface area (Å²) in [5, 5.41) is 26.3. The number of esters is 1. The van der Waals surface area contributed by atoms with Crippen molar-refractivity contribution >= 4 is 59.3 Å². The summed E-state index contributed by atoms with van der Waals surface area (Å²) < 4.78 is 54.3. The average molecular weight is 1240 g/mol. The van der Waals surface area contributed by atoms with Crippen molar-refractivity contribution in [2.24, 2.45) is 35.3 Å². The Bertz CT molecular complexity index is 2520. The molecule has 8 N–H and O–H groups in total. The largest absolute Gasteiger partial charge is 0.542 e. The molecule has 2 aliphatic heterocycles. The molecule has 13 atom stereocenters. The lowest BCUT2D eigenvalue weighted by atomic mass is 9.89. The number of piperidine rings is 1. The van der Waals surface area contributed by atoms with Gasteiger partial charge in [-0.25, -0.2) is 9.59 Å². The van der Waals surface area contributed by atoms with Gasteiger partial charge in [0.2, 0.25) is 23.6 Å². The number of likely N-dealkylation sites (N-methyl/N-ethyl adjacent to an activating group) is 2. The van der Waals surface area contributed by atoms with Gasteiger partial charge in [0.05, 0.1) is 56.8 Å². The highest BCUT2D eigenvalue weighted by Crippen LogP contribution is 2.48. The van der Waals surface area contributed by atoms with Crippen molar-refractivity contribution in [3.63, 3.8) is 0 Å². The Labute approximate surface area is 510 Å². The zero-order valence-corrected chi connectivity index (χ0v) is 53.8. The van der Waals surface area contributed by atoms with Crippen LogP contribution in [0.3, 0.4) is 0 Å². The molecule has 24 nitrogen and oxygen atoms in total. The summed E-state index contributed by atoms with van der Waals surface area (Å²) in [7, 11) is 10.1. The Kier molecular flexibility index (Phi) is 28.7. The van der Waals surface area contributed by atoms with E-state index in [1.54, 1.807) is 71.6 Å². The molecule has 8 amide bonds. The van der Waals surface area contributed by atoms with Crippen LogP contribution in [-0.2, 0) is 65.6 Å². The van der Waals surface area contributed by atoms with Crippen LogP contribution in [0, 0.1) is 29.6 Å². The van der Waals surface area contributed by atoms with Crippen molar-refractivity contribution in [2.45, 2.75) is 206 Å². The van der Waals surface area contributed by atoms with E-state index in [2.05, 4.69) is 38.9 Å². The zero-order chi connectivity index (χ0) is 66.1. The summed E-state index contributed by atoms with van der Waals surface area (Å²) in [6.07, 6.45) is -1.95. The van der Waals surface area contributed by atoms with E-state index in [-0.39, 0.29) is 72.9 Å². The molecule has 1 unspecified atom stereocenters. The number of amides is 8. The number of alkyl halides is 3. The van der Waals surface area contributed by atoms with E-state index in [4.69, 9.17) is 34.6 Å². The summed E-state index contributed by atoms with van der Waals surface area (Å²) in [5.74, 6) is -6.34. The molecule has 0 radical (unpaired) electrons. The molecular formula is C60H99F3N10O14. The van der Waals surface area contributed by atoms with Crippen LogP contribution in [-0.4, -0.2) is 190 Å². The number of fused-ring (bicyclic) bond motifs is 2. The predicted octanol–water partition coefficient (Wildman–Crippen LogP) is 3.86. The van der Waals surface area contributed by atoms with Gasteiger partial charge in [-0.1, -0.05) is 54.0 Å². The molecule has 87 heavy (non-hydrogen) atoms. The van der Waals surface area contributed by atoms with E-state index >= 15 is 4.79 Å². The lowest BCUT2D eigenvalue weighted by Crippen LogP contribution is -2.64. The number of hydrogen-bond donors (Lipinski definition) is 7. The predicted molar refractivity (Wildman–Crippen MR) is 315 cm³/mol. The number of aliphatic carboxylic acids is 1. The smallest absolute Gasteiger partial charge is 0.430 e. The van der Waals surface area contributed by atoms with E-state index in [0.717, 1.165) is 36.8 Å². The van der Waals surface area contributed by atoms with E-state index in [9.17, 15) is 46.7 Å². The monoisotopic (exact) mass is 1240 g/mol. The Morgan fingerprint density at radius 2 is 1.51 bits per heavy atom. The number of halogens is 3. The number of nitrogens with zero attached hydrogens (tertiary/aromatic N) is 3. The first-order valence-electron chi connectivity index (χ1n) is 30.0. The van der Waals surface area contributed by atoms with Crippen LogP contribution >= 0.6 is 0 Å². The molecule has 3 aliphatic rings. The quantitative estimate of drug-likeness (QED) is 0.0340.